The highest BCUT2D eigenvalue weighted by Gasteiger charge is 2.36. The summed E-state index contributed by atoms with van der Waals surface area (Å²) in [6.45, 7) is 2.61. The van der Waals surface area contributed by atoms with Crippen LogP contribution in [0, 0.1) is 0 Å². The lowest BCUT2D eigenvalue weighted by Gasteiger charge is -2.22. The molecule has 2 atom stereocenters. The van der Waals surface area contributed by atoms with Crippen LogP contribution in [-0.2, 0) is 9.59 Å². The van der Waals surface area contributed by atoms with Crippen LogP contribution in [0.2, 0.25) is 0 Å². The van der Waals surface area contributed by atoms with E-state index in [-0.39, 0.29) is 6.04 Å². The number of halogens is 1. The van der Waals surface area contributed by atoms with Crippen LogP contribution in [-0.4, -0.2) is 48.3 Å². The smallest absolute Gasteiger partial charge is 0.312 e. The molecular formula is C15H19BrN2O2. The molecule has 1 aromatic carbocycles. The van der Waals surface area contributed by atoms with E-state index in [1.165, 1.54) is 10.5 Å². The Hall–Kier alpha value is -1.36. The van der Waals surface area contributed by atoms with Gasteiger partial charge in [0.2, 0.25) is 0 Å². The third-order valence-corrected chi connectivity index (χ3v) is 4.29. The molecule has 2 unspecified atom stereocenters. The first kappa shape index (κ1) is 15.0. The van der Waals surface area contributed by atoms with Gasteiger partial charge in [0.25, 0.3) is 0 Å². The van der Waals surface area contributed by atoms with Crippen LogP contribution in [0.4, 0.5) is 0 Å². The lowest BCUT2D eigenvalue weighted by Crippen LogP contribution is -2.44. The summed E-state index contributed by atoms with van der Waals surface area (Å²) in [6.07, 6.45) is 0.897. The van der Waals surface area contributed by atoms with Crippen LogP contribution in [0.25, 0.3) is 0 Å². The molecule has 0 saturated carbocycles. The number of likely N-dealkylation sites (N-methyl/N-ethyl adjacent to an activating group) is 1. The van der Waals surface area contributed by atoms with Gasteiger partial charge in [-0.15, -0.1) is 0 Å². The number of nitrogens with zero attached hydrogens (tertiary/aromatic N) is 2. The average molecular weight is 339 g/mol. The molecule has 1 aliphatic heterocycles. The van der Waals surface area contributed by atoms with Crippen molar-refractivity contribution in [3.63, 3.8) is 0 Å². The summed E-state index contributed by atoms with van der Waals surface area (Å²) in [4.78, 5) is 27.0. The zero-order valence-electron chi connectivity index (χ0n) is 12.0. The number of rotatable bonds is 1. The number of hydrogen-bond acceptors (Lipinski definition) is 2. The van der Waals surface area contributed by atoms with Crippen molar-refractivity contribution in [2.24, 2.45) is 0 Å². The van der Waals surface area contributed by atoms with Crippen LogP contribution in [0.1, 0.15) is 24.8 Å². The number of amides is 2. The van der Waals surface area contributed by atoms with Crippen molar-refractivity contribution in [3.05, 3.63) is 34.3 Å². The molecule has 2 amide bonds. The molecule has 0 aliphatic carbocycles. The lowest BCUT2D eigenvalue weighted by molar-refractivity contribution is -0.150. The van der Waals surface area contributed by atoms with Crippen LogP contribution in [0.15, 0.2) is 28.7 Å². The molecule has 1 fully saturated rings. The van der Waals surface area contributed by atoms with Gasteiger partial charge in [-0.05, 0) is 31.0 Å². The van der Waals surface area contributed by atoms with E-state index >= 15 is 0 Å². The van der Waals surface area contributed by atoms with Gasteiger partial charge in [-0.3, -0.25) is 9.59 Å². The fraction of sp³-hybridized carbons (Fsp3) is 0.467. The molecule has 4 nitrogen and oxygen atoms in total. The molecule has 0 radical (unpaired) electrons. The van der Waals surface area contributed by atoms with E-state index in [0.717, 1.165) is 10.9 Å². The number of carbonyl (C=O) groups excluding carboxylic acids is 2. The van der Waals surface area contributed by atoms with E-state index in [9.17, 15) is 9.59 Å². The van der Waals surface area contributed by atoms with E-state index in [4.69, 9.17) is 0 Å². The zero-order chi connectivity index (χ0) is 14.9. The number of benzene rings is 1. The van der Waals surface area contributed by atoms with Gasteiger partial charge < -0.3 is 9.80 Å². The molecule has 0 aromatic heterocycles. The Bertz CT molecular complexity index is 513. The van der Waals surface area contributed by atoms with E-state index in [1.54, 1.807) is 19.0 Å². The Morgan fingerprint density at radius 2 is 1.85 bits per heavy atom. The molecule has 0 spiro atoms. The summed E-state index contributed by atoms with van der Waals surface area (Å²) in [7, 11) is 3.21. The molecule has 1 saturated heterocycles. The summed E-state index contributed by atoms with van der Waals surface area (Å²) in [5.74, 6) is -0.549. The number of hydrogen-bond donors (Lipinski definition) is 0. The fourth-order valence-electron chi connectivity index (χ4n) is 2.60. The molecule has 108 valence electrons. The van der Waals surface area contributed by atoms with Gasteiger partial charge in [0.15, 0.2) is 0 Å². The normalized spacial score (nSPS) is 21.9. The number of carbonyl (C=O) groups is 2. The van der Waals surface area contributed by atoms with E-state index < -0.39 is 11.8 Å². The van der Waals surface area contributed by atoms with Crippen LogP contribution in [0.5, 0.6) is 0 Å². The first-order valence-corrected chi connectivity index (χ1v) is 7.47. The summed E-state index contributed by atoms with van der Waals surface area (Å²) < 4.78 is 1.04. The lowest BCUT2D eigenvalue weighted by atomic mass is 9.97. The third kappa shape index (κ3) is 3.03. The maximum absolute atomic E-state index is 12.2. The van der Waals surface area contributed by atoms with Crippen molar-refractivity contribution in [1.82, 2.24) is 9.80 Å². The highest BCUT2D eigenvalue weighted by molar-refractivity contribution is 9.10. The van der Waals surface area contributed by atoms with Crippen molar-refractivity contribution >= 4 is 27.7 Å². The quantitative estimate of drug-likeness (QED) is 0.737. The molecule has 2 rings (SSSR count). The Labute approximate surface area is 127 Å². The molecule has 0 bridgehead atoms. The van der Waals surface area contributed by atoms with Gasteiger partial charge in [0.1, 0.15) is 0 Å². The van der Waals surface area contributed by atoms with Gasteiger partial charge in [-0.25, -0.2) is 0 Å². The molecular weight excluding hydrogens is 320 g/mol. The minimum atomic E-state index is -0.451. The highest BCUT2D eigenvalue weighted by Crippen LogP contribution is 2.32. The van der Waals surface area contributed by atoms with E-state index in [0.29, 0.717) is 12.5 Å². The first-order valence-electron chi connectivity index (χ1n) is 6.68. The summed E-state index contributed by atoms with van der Waals surface area (Å²) >= 11 is 3.42. The Balaban J connectivity index is 2.11. The fourth-order valence-corrected chi connectivity index (χ4v) is 2.87. The molecule has 20 heavy (non-hydrogen) atoms. The monoisotopic (exact) mass is 338 g/mol. The zero-order valence-corrected chi connectivity index (χ0v) is 13.6. The average Bonchev–Trinajstić information content (AvgIpc) is 2.79. The molecule has 1 heterocycles. The minimum absolute atomic E-state index is 0.0973. The highest BCUT2D eigenvalue weighted by atomic mass is 79.9. The third-order valence-electron chi connectivity index (χ3n) is 3.77. The Kier molecular flexibility index (Phi) is 4.48. The standard InChI is InChI=1S/C15H19BrN2O2/c1-10-8-12(11-4-6-13(16)7-5-11)9-18(10)15(20)14(19)17(2)3/h4-7,10,12H,8-9H2,1-3H3. The first-order chi connectivity index (χ1) is 9.40. The van der Waals surface area contributed by atoms with Crippen LogP contribution in [0.3, 0.4) is 0 Å². The van der Waals surface area contributed by atoms with Crippen molar-refractivity contribution < 1.29 is 9.59 Å². The second-order valence-electron chi connectivity index (χ2n) is 5.49. The van der Waals surface area contributed by atoms with Crippen molar-refractivity contribution in [3.8, 4) is 0 Å². The Morgan fingerprint density at radius 1 is 1.25 bits per heavy atom. The van der Waals surface area contributed by atoms with Gasteiger partial charge in [-0.2, -0.15) is 0 Å². The minimum Gasteiger partial charge on any atom is -0.341 e. The molecule has 5 heteroatoms. The molecule has 0 N–H and O–H groups in total. The van der Waals surface area contributed by atoms with Crippen molar-refractivity contribution in [2.75, 3.05) is 20.6 Å². The maximum atomic E-state index is 12.2. The summed E-state index contributed by atoms with van der Waals surface area (Å²) in [5, 5.41) is 0. The predicted octanol–water partition coefficient (Wildman–Crippen LogP) is 2.24. The predicted molar refractivity (Wildman–Crippen MR) is 81.4 cm³/mol. The SMILES string of the molecule is CC1CC(c2ccc(Br)cc2)CN1C(=O)C(=O)N(C)C. The Morgan fingerprint density at radius 3 is 2.40 bits per heavy atom. The largest absolute Gasteiger partial charge is 0.341 e. The van der Waals surface area contributed by atoms with Gasteiger partial charge in [0, 0.05) is 37.1 Å². The number of likely N-dealkylation sites (tertiary alicyclic amines) is 1. The molecule has 1 aliphatic rings. The van der Waals surface area contributed by atoms with E-state index in [1.807, 2.05) is 19.1 Å². The van der Waals surface area contributed by atoms with Gasteiger partial charge >= 0.3 is 11.8 Å². The second-order valence-corrected chi connectivity index (χ2v) is 6.41. The van der Waals surface area contributed by atoms with Gasteiger partial charge in [-0.1, -0.05) is 28.1 Å². The second kappa shape index (κ2) is 5.95. The van der Waals surface area contributed by atoms with Gasteiger partial charge in [0.05, 0.1) is 0 Å². The summed E-state index contributed by atoms with van der Waals surface area (Å²) in [6, 6.07) is 8.26. The van der Waals surface area contributed by atoms with Crippen LogP contribution < -0.4 is 0 Å². The van der Waals surface area contributed by atoms with Crippen LogP contribution >= 0.6 is 15.9 Å². The van der Waals surface area contributed by atoms with E-state index in [2.05, 4.69) is 28.1 Å². The van der Waals surface area contributed by atoms with Crippen molar-refractivity contribution in [2.45, 2.75) is 25.3 Å². The summed E-state index contributed by atoms with van der Waals surface area (Å²) in [5.41, 5.74) is 1.22. The molecule has 1 aromatic rings. The topological polar surface area (TPSA) is 40.6 Å². The van der Waals surface area contributed by atoms with Crippen molar-refractivity contribution in [1.29, 1.82) is 0 Å². The maximum Gasteiger partial charge on any atom is 0.312 e.